The highest BCUT2D eigenvalue weighted by molar-refractivity contribution is 6.02. The molecule has 0 heterocycles. The van der Waals surface area contributed by atoms with Gasteiger partial charge in [0.1, 0.15) is 0 Å². The molecule has 0 aromatic heterocycles. The van der Waals surface area contributed by atoms with E-state index >= 15 is 0 Å². The highest BCUT2D eigenvalue weighted by atomic mass is 16.4. The lowest BCUT2D eigenvalue weighted by atomic mass is 10.2. The fourth-order valence-electron chi connectivity index (χ4n) is 2.29. The minimum absolute atomic E-state index is 0.125. The van der Waals surface area contributed by atoms with Crippen LogP contribution in [-0.4, -0.2) is 29.6 Å². The summed E-state index contributed by atoms with van der Waals surface area (Å²) in [7, 11) is 0. The Morgan fingerprint density at radius 1 is 0.889 bits per heavy atom. The predicted molar refractivity (Wildman–Crippen MR) is 104 cm³/mol. The van der Waals surface area contributed by atoms with E-state index in [0.717, 1.165) is 0 Å². The summed E-state index contributed by atoms with van der Waals surface area (Å²) in [6.07, 6.45) is 3.20. The van der Waals surface area contributed by atoms with Crippen molar-refractivity contribution in [1.29, 1.82) is 0 Å². The SMILES string of the molecule is O=C(O)Nc1ccccc1NC(=O)C=CCCCNC(=O)c1ccccc1. The molecule has 27 heavy (non-hydrogen) atoms. The zero-order chi connectivity index (χ0) is 19.5. The molecule has 0 saturated heterocycles. The molecule has 0 aliphatic carbocycles. The normalized spacial score (nSPS) is 10.4. The molecule has 0 spiro atoms. The summed E-state index contributed by atoms with van der Waals surface area (Å²) in [5.74, 6) is -0.483. The third-order valence-corrected chi connectivity index (χ3v) is 3.56. The average Bonchev–Trinajstić information content (AvgIpc) is 2.66. The number of anilines is 2. The van der Waals surface area contributed by atoms with Crippen molar-refractivity contribution in [2.45, 2.75) is 12.8 Å². The number of hydrogen-bond acceptors (Lipinski definition) is 3. The zero-order valence-electron chi connectivity index (χ0n) is 14.6. The molecule has 2 aromatic carbocycles. The maximum absolute atomic E-state index is 11.9. The van der Waals surface area contributed by atoms with Crippen LogP contribution >= 0.6 is 0 Å². The molecule has 0 saturated carbocycles. The van der Waals surface area contributed by atoms with E-state index < -0.39 is 6.09 Å². The van der Waals surface area contributed by atoms with Crippen LogP contribution in [0.15, 0.2) is 66.7 Å². The second-order valence-electron chi connectivity index (χ2n) is 5.63. The number of rotatable bonds is 8. The number of para-hydroxylation sites is 2. The summed E-state index contributed by atoms with van der Waals surface area (Å²) in [6.45, 7) is 0.505. The second-order valence-corrected chi connectivity index (χ2v) is 5.63. The van der Waals surface area contributed by atoms with Crippen molar-refractivity contribution in [3.05, 3.63) is 72.3 Å². The van der Waals surface area contributed by atoms with Gasteiger partial charge < -0.3 is 15.7 Å². The van der Waals surface area contributed by atoms with E-state index in [0.29, 0.717) is 36.3 Å². The Hall–Kier alpha value is -3.61. The summed E-state index contributed by atoms with van der Waals surface area (Å²) in [6, 6.07) is 15.5. The lowest BCUT2D eigenvalue weighted by molar-refractivity contribution is -0.111. The van der Waals surface area contributed by atoms with Gasteiger partial charge in [0.25, 0.3) is 5.91 Å². The van der Waals surface area contributed by atoms with Gasteiger partial charge in [-0.2, -0.15) is 0 Å². The molecular weight excluding hydrogens is 346 g/mol. The molecule has 2 rings (SSSR count). The van der Waals surface area contributed by atoms with Gasteiger partial charge in [-0.05, 0) is 43.2 Å². The highest BCUT2D eigenvalue weighted by Gasteiger charge is 2.06. The maximum Gasteiger partial charge on any atom is 0.409 e. The topological polar surface area (TPSA) is 108 Å². The van der Waals surface area contributed by atoms with E-state index in [-0.39, 0.29) is 11.8 Å². The summed E-state index contributed by atoms with van der Waals surface area (Å²) < 4.78 is 0. The third-order valence-electron chi connectivity index (χ3n) is 3.56. The number of benzene rings is 2. The van der Waals surface area contributed by atoms with E-state index in [9.17, 15) is 14.4 Å². The Balaban J connectivity index is 1.71. The van der Waals surface area contributed by atoms with Gasteiger partial charge in [0.05, 0.1) is 11.4 Å². The number of carbonyl (C=O) groups is 3. The first kappa shape index (κ1) is 19.7. The third kappa shape index (κ3) is 7.03. The van der Waals surface area contributed by atoms with Gasteiger partial charge in [0, 0.05) is 12.1 Å². The molecular formula is C20H21N3O4. The average molecular weight is 367 g/mol. The van der Waals surface area contributed by atoms with Gasteiger partial charge in [-0.15, -0.1) is 0 Å². The molecule has 0 unspecified atom stereocenters. The first-order valence-corrected chi connectivity index (χ1v) is 8.46. The summed E-state index contributed by atoms with van der Waals surface area (Å²) in [5, 5.41) is 16.5. The van der Waals surface area contributed by atoms with Crippen molar-refractivity contribution in [2.75, 3.05) is 17.2 Å². The minimum Gasteiger partial charge on any atom is -0.465 e. The zero-order valence-corrected chi connectivity index (χ0v) is 14.6. The van der Waals surface area contributed by atoms with E-state index in [1.807, 2.05) is 6.07 Å². The van der Waals surface area contributed by atoms with Gasteiger partial charge in [0.15, 0.2) is 0 Å². The van der Waals surface area contributed by atoms with E-state index in [1.165, 1.54) is 6.08 Å². The van der Waals surface area contributed by atoms with Crippen LogP contribution in [0.1, 0.15) is 23.2 Å². The quantitative estimate of drug-likeness (QED) is 0.423. The molecule has 7 heteroatoms. The lowest BCUT2D eigenvalue weighted by Gasteiger charge is -2.08. The number of amides is 3. The van der Waals surface area contributed by atoms with Crippen LogP contribution in [0.25, 0.3) is 0 Å². The minimum atomic E-state index is -1.20. The number of hydrogen-bond donors (Lipinski definition) is 4. The van der Waals surface area contributed by atoms with Crippen molar-refractivity contribution in [2.24, 2.45) is 0 Å². The first-order chi connectivity index (χ1) is 13.1. The van der Waals surface area contributed by atoms with E-state index in [1.54, 1.807) is 54.6 Å². The van der Waals surface area contributed by atoms with Crippen LogP contribution in [0.5, 0.6) is 0 Å². The maximum atomic E-state index is 11.9. The Bertz CT molecular complexity index is 819. The molecule has 0 bridgehead atoms. The standard InChI is InChI=1S/C20H21N3O4/c24-18(22-16-11-6-7-12-17(16)23-20(26)27)13-5-2-8-14-21-19(25)15-9-3-1-4-10-15/h1,3-7,9-13,23H,2,8,14H2,(H,21,25)(H,22,24)(H,26,27). The molecule has 0 fully saturated rings. The largest absolute Gasteiger partial charge is 0.465 e. The summed E-state index contributed by atoms with van der Waals surface area (Å²) >= 11 is 0. The second kappa shape index (κ2) is 10.4. The van der Waals surface area contributed by atoms with Crippen molar-refractivity contribution >= 4 is 29.3 Å². The van der Waals surface area contributed by atoms with Crippen LogP contribution in [-0.2, 0) is 4.79 Å². The van der Waals surface area contributed by atoms with Gasteiger partial charge in [-0.25, -0.2) is 4.79 Å². The lowest BCUT2D eigenvalue weighted by Crippen LogP contribution is -2.24. The van der Waals surface area contributed by atoms with E-state index in [4.69, 9.17) is 5.11 Å². The molecule has 2 aromatic rings. The number of unbranched alkanes of at least 4 members (excludes halogenated alkanes) is 1. The number of carboxylic acid groups (broad SMARTS) is 1. The van der Waals surface area contributed by atoms with Gasteiger partial charge in [-0.1, -0.05) is 36.4 Å². The van der Waals surface area contributed by atoms with Crippen molar-refractivity contribution in [3.63, 3.8) is 0 Å². The monoisotopic (exact) mass is 367 g/mol. The fourth-order valence-corrected chi connectivity index (χ4v) is 2.29. The molecule has 4 N–H and O–H groups in total. The van der Waals surface area contributed by atoms with Crippen LogP contribution < -0.4 is 16.0 Å². The Morgan fingerprint density at radius 3 is 2.19 bits per heavy atom. The van der Waals surface area contributed by atoms with Crippen molar-refractivity contribution in [3.8, 4) is 0 Å². The molecule has 140 valence electrons. The molecule has 7 nitrogen and oxygen atoms in total. The summed E-state index contributed by atoms with van der Waals surface area (Å²) in [5.41, 5.74) is 1.29. The van der Waals surface area contributed by atoms with Crippen molar-refractivity contribution < 1.29 is 19.5 Å². The fraction of sp³-hybridized carbons (Fsp3) is 0.150. The van der Waals surface area contributed by atoms with Gasteiger partial charge >= 0.3 is 6.09 Å². The molecule has 3 amide bonds. The van der Waals surface area contributed by atoms with E-state index in [2.05, 4.69) is 16.0 Å². The smallest absolute Gasteiger partial charge is 0.409 e. The van der Waals surface area contributed by atoms with Crippen LogP contribution in [0.3, 0.4) is 0 Å². The number of nitrogens with one attached hydrogen (secondary N) is 3. The molecule has 0 aliphatic heterocycles. The van der Waals surface area contributed by atoms with Gasteiger partial charge in [0.2, 0.25) is 5.91 Å². The van der Waals surface area contributed by atoms with Crippen LogP contribution in [0.4, 0.5) is 16.2 Å². The number of carbonyl (C=O) groups excluding carboxylic acids is 2. The summed E-state index contributed by atoms with van der Waals surface area (Å²) in [4.78, 5) is 34.5. The molecule has 0 aliphatic rings. The first-order valence-electron chi connectivity index (χ1n) is 8.46. The van der Waals surface area contributed by atoms with Crippen LogP contribution in [0.2, 0.25) is 0 Å². The number of allylic oxidation sites excluding steroid dienone is 1. The molecule has 0 radical (unpaired) electrons. The molecule has 0 atom stereocenters. The highest BCUT2D eigenvalue weighted by Crippen LogP contribution is 2.20. The Kier molecular flexibility index (Phi) is 7.59. The predicted octanol–water partition coefficient (Wildman–Crippen LogP) is 3.48. The van der Waals surface area contributed by atoms with Crippen LogP contribution in [0, 0.1) is 0 Å². The van der Waals surface area contributed by atoms with Gasteiger partial charge in [-0.3, -0.25) is 14.9 Å². The Morgan fingerprint density at radius 2 is 1.52 bits per heavy atom. The Labute approximate surface area is 157 Å². The van der Waals surface area contributed by atoms with Crippen molar-refractivity contribution in [1.82, 2.24) is 5.32 Å².